The number of piperidine rings is 1. The van der Waals surface area contributed by atoms with Crippen LogP contribution in [0.2, 0.25) is 10.0 Å². The first kappa shape index (κ1) is 31.0. The molecule has 4 aromatic rings. The highest BCUT2D eigenvalue weighted by atomic mass is 35.5. The number of hydrogen-bond acceptors (Lipinski definition) is 6. The first-order valence-corrected chi connectivity index (χ1v) is 15.3. The lowest BCUT2D eigenvalue weighted by Crippen LogP contribution is -2.45. The summed E-state index contributed by atoms with van der Waals surface area (Å²) >= 11 is 14.2. The number of thiophene rings is 1. The van der Waals surface area contributed by atoms with Gasteiger partial charge in [-0.2, -0.15) is 5.10 Å². The van der Waals surface area contributed by atoms with Gasteiger partial charge in [0.25, 0.3) is 11.9 Å². The van der Waals surface area contributed by atoms with Crippen molar-refractivity contribution >= 4 is 46.4 Å². The van der Waals surface area contributed by atoms with Gasteiger partial charge < -0.3 is 11.1 Å². The van der Waals surface area contributed by atoms with Crippen LogP contribution in [0, 0.1) is 28.9 Å². The van der Waals surface area contributed by atoms with Crippen LogP contribution in [-0.2, 0) is 6.54 Å². The van der Waals surface area contributed by atoms with Gasteiger partial charge in [-0.15, -0.1) is 11.3 Å². The van der Waals surface area contributed by atoms with E-state index >= 15 is 0 Å². The molecule has 11 nitrogen and oxygen atoms in total. The highest BCUT2D eigenvalue weighted by molar-refractivity contribution is 7.16. The van der Waals surface area contributed by atoms with Gasteiger partial charge in [-0.05, 0) is 62.2 Å². The Hall–Kier alpha value is -4.41. The lowest BCUT2D eigenvalue weighted by Gasteiger charge is -2.26. The number of hydrogen-bond donors (Lipinski definition) is 3. The summed E-state index contributed by atoms with van der Waals surface area (Å²) in [5.74, 6) is 5.53. The average molecular weight is 652 g/mol. The molecule has 14 heteroatoms. The number of nitro groups is 1. The molecule has 1 amide bonds. The van der Waals surface area contributed by atoms with E-state index in [4.69, 9.17) is 34.0 Å². The predicted octanol–water partition coefficient (Wildman–Crippen LogP) is 5.34. The smallest absolute Gasteiger partial charge is 0.286 e. The molecule has 4 N–H and O–H groups in total. The molecule has 0 bridgehead atoms. The lowest BCUT2D eigenvalue weighted by molar-refractivity contribution is -0.485. The minimum Gasteiger partial charge on any atom is -0.365 e. The third-order valence-electron chi connectivity index (χ3n) is 6.81. The maximum absolute atomic E-state index is 13.7. The molecule has 2 aromatic heterocycles. The fraction of sp³-hybridized carbons (Fsp3) is 0.233. The van der Waals surface area contributed by atoms with Crippen molar-refractivity contribution in [3.05, 3.63) is 102 Å². The van der Waals surface area contributed by atoms with Crippen molar-refractivity contribution in [2.45, 2.75) is 32.7 Å². The third kappa shape index (κ3) is 7.56. The normalized spacial score (nSPS) is 13.7. The van der Waals surface area contributed by atoms with Crippen LogP contribution in [0.25, 0.3) is 16.3 Å². The van der Waals surface area contributed by atoms with Gasteiger partial charge in [0.1, 0.15) is 5.10 Å². The quantitative estimate of drug-likeness (QED) is 0.0805. The molecule has 2 aromatic carbocycles. The Kier molecular flexibility index (Phi) is 9.82. The number of hydrazine groups is 1. The molecule has 0 radical (unpaired) electrons. The fourth-order valence-electron chi connectivity index (χ4n) is 4.69. The summed E-state index contributed by atoms with van der Waals surface area (Å²) in [6.07, 6.45) is 3.02. The molecule has 0 aliphatic carbocycles. The fourth-order valence-corrected chi connectivity index (χ4v) is 6.09. The Bertz CT molecular complexity index is 1780. The van der Waals surface area contributed by atoms with E-state index in [1.54, 1.807) is 22.9 Å². The van der Waals surface area contributed by atoms with Crippen molar-refractivity contribution in [1.29, 1.82) is 0 Å². The van der Waals surface area contributed by atoms with E-state index in [1.807, 2.05) is 48.3 Å². The average Bonchev–Trinajstić information content (AvgIpc) is 3.60. The van der Waals surface area contributed by atoms with Gasteiger partial charge in [0.05, 0.1) is 26.2 Å². The Labute approximate surface area is 267 Å². The van der Waals surface area contributed by atoms with Crippen LogP contribution < -0.4 is 16.5 Å². The molecule has 0 saturated carbocycles. The maximum atomic E-state index is 13.7. The number of nitrogens with one attached hydrogen (secondary N) is 2. The number of nitrogens with two attached hydrogens (primary N) is 1. The van der Waals surface area contributed by atoms with E-state index in [1.165, 1.54) is 11.3 Å². The van der Waals surface area contributed by atoms with E-state index in [0.29, 0.717) is 40.1 Å². The Morgan fingerprint density at radius 1 is 1.11 bits per heavy atom. The van der Waals surface area contributed by atoms with Crippen LogP contribution >= 0.6 is 34.5 Å². The molecule has 1 saturated heterocycles. The zero-order valence-electron chi connectivity index (χ0n) is 23.6. The molecule has 0 spiro atoms. The molecule has 44 heavy (non-hydrogen) atoms. The van der Waals surface area contributed by atoms with Gasteiger partial charge >= 0.3 is 0 Å². The second-order valence-electron chi connectivity index (χ2n) is 10.0. The summed E-state index contributed by atoms with van der Waals surface area (Å²) in [5.41, 5.74) is 12.3. The second kappa shape index (κ2) is 13.9. The summed E-state index contributed by atoms with van der Waals surface area (Å²) in [6.45, 7) is 3.36. The summed E-state index contributed by atoms with van der Waals surface area (Å²) in [5, 5.41) is 23.2. The van der Waals surface area contributed by atoms with Crippen LogP contribution in [0.3, 0.4) is 0 Å². The second-order valence-corrected chi connectivity index (χ2v) is 12.0. The van der Waals surface area contributed by atoms with E-state index in [9.17, 15) is 14.9 Å². The monoisotopic (exact) mass is 650 g/mol. The van der Waals surface area contributed by atoms with Crippen molar-refractivity contribution in [1.82, 2.24) is 25.5 Å². The maximum Gasteiger partial charge on any atom is 0.286 e. The molecular formula is C30H28Cl2N8O3S. The minimum atomic E-state index is -0.900. The highest BCUT2D eigenvalue weighted by Crippen LogP contribution is 2.36. The number of halogens is 2. The van der Waals surface area contributed by atoms with Crippen LogP contribution in [0.1, 0.15) is 51.3 Å². The number of aromatic nitrogens is 2. The van der Waals surface area contributed by atoms with Gasteiger partial charge in [0.15, 0.2) is 10.7 Å². The molecule has 0 atom stereocenters. The molecule has 226 valence electrons. The van der Waals surface area contributed by atoms with Crippen molar-refractivity contribution in [2.75, 3.05) is 13.1 Å². The Morgan fingerprint density at radius 2 is 1.86 bits per heavy atom. The highest BCUT2D eigenvalue weighted by Gasteiger charge is 2.28. The molecule has 1 fully saturated rings. The van der Waals surface area contributed by atoms with Crippen molar-refractivity contribution in [3.8, 4) is 28.1 Å². The molecule has 1 aliphatic rings. The van der Waals surface area contributed by atoms with Gasteiger partial charge in [0.2, 0.25) is 0 Å². The van der Waals surface area contributed by atoms with Gasteiger partial charge in [-0.1, -0.05) is 59.2 Å². The standard InChI is InChI=1S/C30H28Cl2N8O3S/c1-19-5-7-20(8-6-19)9-11-22-12-14-26(44-22)28-23(18-34-30(33)37-40(42)43)27(29(41)36-38-15-3-2-4-16-38)35-39(28)25-13-10-21(31)17-24(25)32/h5-8,10,12-14,17H,2-4,15-16,18H2,1H3,(H,36,41)(H3,33,34,37). The summed E-state index contributed by atoms with van der Waals surface area (Å²) in [4.78, 5) is 26.1. The number of rotatable bonds is 7. The summed E-state index contributed by atoms with van der Waals surface area (Å²) < 4.78 is 1.57. The number of nitrogens with zero attached hydrogens (tertiary/aromatic N) is 5. The first-order valence-electron chi connectivity index (χ1n) is 13.7. The molecule has 1 aliphatic heterocycles. The topological polar surface area (TPSA) is 144 Å². The van der Waals surface area contributed by atoms with Crippen molar-refractivity contribution < 1.29 is 9.83 Å². The van der Waals surface area contributed by atoms with E-state index in [2.05, 4.69) is 27.7 Å². The minimum absolute atomic E-state index is 0.0885. The van der Waals surface area contributed by atoms with Crippen LogP contribution in [0.4, 0.5) is 0 Å². The summed E-state index contributed by atoms with van der Waals surface area (Å²) in [7, 11) is 0. The zero-order chi connectivity index (χ0) is 31.2. The van der Waals surface area contributed by atoms with E-state index < -0.39 is 16.9 Å². The lowest BCUT2D eigenvalue weighted by atomic mass is 10.1. The van der Waals surface area contributed by atoms with Crippen molar-refractivity contribution in [3.63, 3.8) is 0 Å². The molecule has 3 heterocycles. The van der Waals surface area contributed by atoms with Gasteiger partial charge in [-0.25, -0.2) is 19.8 Å². The Balaban J connectivity index is 1.62. The Morgan fingerprint density at radius 3 is 2.57 bits per heavy atom. The number of guanidine groups is 1. The van der Waals surface area contributed by atoms with Crippen molar-refractivity contribution in [2.24, 2.45) is 10.8 Å². The molecule has 5 rings (SSSR count). The molecule has 0 unspecified atom stereocenters. The van der Waals surface area contributed by atoms with E-state index in [0.717, 1.165) is 40.1 Å². The number of amides is 1. The van der Waals surface area contributed by atoms with Crippen LogP contribution in [0.15, 0.2) is 59.7 Å². The number of carbonyl (C=O) groups is 1. The largest absolute Gasteiger partial charge is 0.365 e. The van der Waals surface area contributed by atoms with Gasteiger partial charge in [-0.3, -0.25) is 10.2 Å². The van der Waals surface area contributed by atoms with Crippen LogP contribution in [-0.4, -0.2) is 44.8 Å². The first-order chi connectivity index (χ1) is 21.2. The van der Waals surface area contributed by atoms with Gasteiger partial charge in [0, 0.05) is 35.8 Å². The van der Waals surface area contributed by atoms with E-state index in [-0.39, 0.29) is 12.2 Å². The number of benzene rings is 2. The molecular weight excluding hydrogens is 623 g/mol. The number of aryl methyl sites for hydroxylation is 1. The number of carbonyl (C=O) groups excluding carboxylic acids is 1. The number of hydrazone groups is 1. The predicted molar refractivity (Wildman–Crippen MR) is 172 cm³/mol. The third-order valence-corrected chi connectivity index (χ3v) is 8.35. The SMILES string of the molecule is Cc1ccc(C#Cc2ccc(-c3c(CN/C(N)=N/[N+](=O)[O-])c(C(=O)NN4CCCCC4)nn3-c3ccc(Cl)cc3Cl)s2)cc1. The zero-order valence-corrected chi connectivity index (χ0v) is 26.0. The van der Waals surface area contributed by atoms with Crippen LogP contribution in [0.5, 0.6) is 0 Å². The summed E-state index contributed by atoms with van der Waals surface area (Å²) in [6, 6.07) is 16.7.